The van der Waals surface area contributed by atoms with Gasteiger partial charge in [-0.2, -0.15) is 10.2 Å². The van der Waals surface area contributed by atoms with E-state index in [2.05, 4.69) is 20.6 Å². The van der Waals surface area contributed by atoms with Crippen LogP contribution in [0.3, 0.4) is 0 Å². The lowest BCUT2D eigenvalue weighted by molar-refractivity contribution is -0.115. The summed E-state index contributed by atoms with van der Waals surface area (Å²) in [5, 5.41) is 17.4. The molecular formula is C18H17N5O. The zero-order valence-corrected chi connectivity index (χ0v) is 13.5. The van der Waals surface area contributed by atoms with Gasteiger partial charge in [-0.15, -0.1) is 0 Å². The average Bonchev–Trinajstić information content (AvgIpc) is 3.10. The highest BCUT2D eigenvalue weighted by molar-refractivity contribution is 6.01. The third kappa shape index (κ3) is 2.32. The Morgan fingerprint density at radius 1 is 1.21 bits per heavy atom. The average molecular weight is 319 g/mol. The van der Waals surface area contributed by atoms with Gasteiger partial charge in [-0.1, -0.05) is 42.5 Å². The van der Waals surface area contributed by atoms with Crippen LogP contribution >= 0.6 is 0 Å². The fourth-order valence-electron chi connectivity index (χ4n) is 3.13. The van der Waals surface area contributed by atoms with Crippen LogP contribution in [0.2, 0.25) is 0 Å². The molecule has 1 amide bonds. The van der Waals surface area contributed by atoms with Gasteiger partial charge in [-0.05, 0) is 23.3 Å². The number of carbonyl (C=O) groups excluding carboxylic acids is 1. The van der Waals surface area contributed by atoms with Crippen molar-refractivity contribution in [3.63, 3.8) is 0 Å². The van der Waals surface area contributed by atoms with Gasteiger partial charge in [0.1, 0.15) is 5.82 Å². The summed E-state index contributed by atoms with van der Waals surface area (Å²) in [5.74, 6) is 0.515. The van der Waals surface area contributed by atoms with Crippen LogP contribution < -0.4 is 5.32 Å². The Hall–Kier alpha value is -3.15. The standard InChI is InChI=1S/C18H17N5O/c1-11-16-17(20-21-18(16)23(2)22-11)19-15(24)10-13-8-5-7-12-6-3-4-9-14(12)13/h3-9H,10H2,1-2H3,(H2,19,20,21,24). The number of hydrogen-bond acceptors (Lipinski definition) is 3. The molecule has 0 spiro atoms. The van der Waals surface area contributed by atoms with Crippen molar-refractivity contribution in [3.05, 3.63) is 53.7 Å². The quantitative estimate of drug-likeness (QED) is 0.609. The first-order valence-electron chi connectivity index (χ1n) is 7.77. The second-order valence-electron chi connectivity index (χ2n) is 5.87. The predicted octanol–water partition coefficient (Wildman–Crippen LogP) is 2.94. The number of nitrogens with zero attached hydrogens (tertiary/aromatic N) is 3. The number of aryl methyl sites for hydroxylation is 2. The molecule has 0 radical (unpaired) electrons. The smallest absolute Gasteiger partial charge is 0.229 e. The number of aromatic nitrogens is 4. The Balaban J connectivity index is 1.62. The normalized spacial score (nSPS) is 11.2. The van der Waals surface area contributed by atoms with E-state index in [0.717, 1.165) is 33.1 Å². The van der Waals surface area contributed by atoms with E-state index in [-0.39, 0.29) is 5.91 Å². The first-order valence-corrected chi connectivity index (χ1v) is 7.77. The minimum Gasteiger partial charge on any atom is -0.310 e. The van der Waals surface area contributed by atoms with Gasteiger partial charge < -0.3 is 5.32 Å². The van der Waals surface area contributed by atoms with Crippen molar-refractivity contribution in [1.82, 2.24) is 20.0 Å². The van der Waals surface area contributed by atoms with Crippen LogP contribution in [0.15, 0.2) is 42.5 Å². The highest BCUT2D eigenvalue weighted by Crippen LogP contribution is 2.24. The molecule has 0 unspecified atom stereocenters. The Labute approximate surface area is 138 Å². The van der Waals surface area contributed by atoms with Gasteiger partial charge in [-0.25, -0.2) is 4.68 Å². The van der Waals surface area contributed by atoms with Crippen molar-refractivity contribution in [2.75, 3.05) is 5.32 Å². The minimum absolute atomic E-state index is 0.0832. The monoisotopic (exact) mass is 319 g/mol. The van der Waals surface area contributed by atoms with Crippen molar-refractivity contribution in [2.24, 2.45) is 7.05 Å². The third-order valence-corrected chi connectivity index (χ3v) is 4.21. The lowest BCUT2D eigenvalue weighted by Crippen LogP contribution is -2.15. The molecule has 0 aliphatic heterocycles. The largest absolute Gasteiger partial charge is 0.310 e. The molecule has 4 rings (SSSR count). The molecule has 0 aliphatic rings. The molecule has 0 fully saturated rings. The van der Waals surface area contributed by atoms with Crippen LogP contribution in [-0.2, 0) is 18.3 Å². The van der Waals surface area contributed by atoms with E-state index in [9.17, 15) is 4.79 Å². The van der Waals surface area contributed by atoms with Crippen LogP contribution in [0.5, 0.6) is 0 Å². The summed E-state index contributed by atoms with van der Waals surface area (Å²) in [7, 11) is 1.83. The zero-order valence-electron chi connectivity index (χ0n) is 13.5. The molecule has 4 aromatic rings. The van der Waals surface area contributed by atoms with Crippen LogP contribution in [0.1, 0.15) is 11.3 Å². The maximum absolute atomic E-state index is 12.5. The molecular weight excluding hydrogens is 302 g/mol. The maximum Gasteiger partial charge on any atom is 0.229 e. The van der Waals surface area contributed by atoms with Crippen LogP contribution in [-0.4, -0.2) is 25.9 Å². The summed E-state index contributed by atoms with van der Waals surface area (Å²) in [6, 6.07) is 14.1. The summed E-state index contributed by atoms with van der Waals surface area (Å²) < 4.78 is 1.70. The van der Waals surface area contributed by atoms with E-state index < -0.39 is 0 Å². The summed E-state index contributed by atoms with van der Waals surface area (Å²) in [6.45, 7) is 1.90. The van der Waals surface area contributed by atoms with Crippen molar-refractivity contribution in [1.29, 1.82) is 0 Å². The Morgan fingerprint density at radius 2 is 2.00 bits per heavy atom. The highest BCUT2D eigenvalue weighted by atomic mass is 16.1. The van der Waals surface area contributed by atoms with Crippen LogP contribution in [0.4, 0.5) is 5.82 Å². The number of carbonyl (C=O) groups is 1. The summed E-state index contributed by atoms with van der Waals surface area (Å²) in [5.41, 5.74) is 2.57. The molecule has 2 heterocycles. The number of hydrogen-bond donors (Lipinski definition) is 2. The molecule has 2 N–H and O–H groups in total. The summed E-state index contributed by atoms with van der Waals surface area (Å²) in [4.78, 5) is 12.5. The Kier molecular flexibility index (Phi) is 3.30. The van der Waals surface area contributed by atoms with Crippen LogP contribution in [0.25, 0.3) is 21.8 Å². The zero-order chi connectivity index (χ0) is 16.7. The van der Waals surface area contributed by atoms with Gasteiger partial charge in [0.2, 0.25) is 5.91 Å². The number of anilines is 1. The molecule has 2 aromatic heterocycles. The highest BCUT2D eigenvalue weighted by Gasteiger charge is 2.16. The lowest BCUT2D eigenvalue weighted by atomic mass is 10.0. The van der Waals surface area contributed by atoms with Gasteiger partial charge >= 0.3 is 0 Å². The van der Waals surface area contributed by atoms with E-state index in [1.165, 1.54) is 0 Å². The SMILES string of the molecule is Cc1nn(C)c2n[nH]c(NC(=O)Cc3cccc4ccccc34)c12. The number of amides is 1. The van der Waals surface area contributed by atoms with Gasteiger partial charge in [0.15, 0.2) is 5.65 Å². The van der Waals surface area contributed by atoms with Crippen molar-refractivity contribution in [2.45, 2.75) is 13.3 Å². The fourth-order valence-corrected chi connectivity index (χ4v) is 3.13. The summed E-state index contributed by atoms with van der Waals surface area (Å²) >= 11 is 0. The molecule has 120 valence electrons. The van der Waals surface area contributed by atoms with E-state index in [0.29, 0.717) is 12.2 Å². The first kappa shape index (κ1) is 14.4. The molecule has 6 nitrogen and oxygen atoms in total. The molecule has 0 aliphatic carbocycles. The first-order chi connectivity index (χ1) is 11.6. The van der Waals surface area contributed by atoms with Gasteiger partial charge in [0.25, 0.3) is 0 Å². The second kappa shape index (κ2) is 5.49. The van der Waals surface area contributed by atoms with Crippen molar-refractivity contribution < 1.29 is 4.79 Å². The number of benzene rings is 2. The maximum atomic E-state index is 12.5. The fraction of sp³-hybridized carbons (Fsp3) is 0.167. The lowest BCUT2D eigenvalue weighted by Gasteiger charge is -2.07. The molecule has 0 atom stereocenters. The molecule has 6 heteroatoms. The van der Waals surface area contributed by atoms with Crippen molar-refractivity contribution in [3.8, 4) is 0 Å². The molecule has 0 saturated heterocycles. The predicted molar refractivity (Wildman–Crippen MR) is 93.9 cm³/mol. The van der Waals surface area contributed by atoms with E-state index in [4.69, 9.17) is 0 Å². The van der Waals surface area contributed by atoms with Crippen LogP contribution in [0, 0.1) is 6.92 Å². The number of fused-ring (bicyclic) bond motifs is 2. The summed E-state index contributed by atoms with van der Waals surface area (Å²) in [6.07, 6.45) is 0.307. The number of H-pyrrole nitrogens is 1. The molecule has 24 heavy (non-hydrogen) atoms. The number of aromatic amines is 1. The van der Waals surface area contributed by atoms with E-state index >= 15 is 0 Å². The number of nitrogens with one attached hydrogen (secondary N) is 2. The third-order valence-electron chi connectivity index (χ3n) is 4.21. The molecule has 2 aromatic carbocycles. The van der Waals surface area contributed by atoms with Gasteiger partial charge in [0, 0.05) is 7.05 Å². The Bertz CT molecular complexity index is 1050. The number of rotatable bonds is 3. The van der Waals surface area contributed by atoms with Gasteiger partial charge in [-0.3, -0.25) is 9.89 Å². The van der Waals surface area contributed by atoms with E-state index in [1.54, 1.807) is 4.68 Å². The topological polar surface area (TPSA) is 75.6 Å². The minimum atomic E-state index is -0.0832. The van der Waals surface area contributed by atoms with E-state index in [1.807, 2.05) is 56.4 Å². The van der Waals surface area contributed by atoms with Gasteiger partial charge in [0.05, 0.1) is 17.5 Å². The molecule has 0 saturated carbocycles. The molecule has 0 bridgehead atoms. The second-order valence-corrected chi connectivity index (χ2v) is 5.87. The van der Waals surface area contributed by atoms with Crippen molar-refractivity contribution >= 4 is 33.5 Å². The Morgan fingerprint density at radius 3 is 2.88 bits per heavy atom.